The van der Waals surface area contributed by atoms with Crippen LogP contribution in [0.2, 0.25) is 6.04 Å². The molecule has 0 aromatic rings. The predicted octanol–water partition coefficient (Wildman–Crippen LogP) is 0.829. The van der Waals surface area contributed by atoms with Gasteiger partial charge in [0.05, 0.1) is 6.61 Å². The van der Waals surface area contributed by atoms with Gasteiger partial charge in [0.1, 0.15) is 0 Å². The standard InChI is InChI=1S/C5H10Cl2O3Si/c1-4(8)9-2-3-11-10-5(6)7/h5H,2-3,11H2,1H3. The van der Waals surface area contributed by atoms with E-state index in [0.717, 1.165) is 6.04 Å². The molecule has 0 aliphatic heterocycles. The highest BCUT2D eigenvalue weighted by molar-refractivity contribution is 6.45. The Morgan fingerprint density at radius 1 is 1.64 bits per heavy atom. The van der Waals surface area contributed by atoms with E-state index in [4.69, 9.17) is 27.6 Å². The van der Waals surface area contributed by atoms with Crippen molar-refractivity contribution in [2.24, 2.45) is 0 Å². The van der Waals surface area contributed by atoms with Gasteiger partial charge in [-0.2, -0.15) is 0 Å². The van der Waals surface area contributed by atoms with Crippen molar-refractivity contribution in [3.8, 4) is 0 Å². The van der Waals surface area contributed by atoms with Gasteiger partial charge in [0.2, 0.25) is 0 Å². The van der Waals surface area contributed by atoms with Crippen LogP contribution >= 0.6 is 23.2 Å². The van der Waals surface area contributed by atoms with Gasteiger partial charge in [-0.3, -0.25) is 4.79 Å². The molecule has 6 heteroatoms. The van der Waals surface area contributed by atoms with Crippen molar-refractivity contribution in [1.29, 1.82) is 0 Å². The molecule has 0 saturated carbocycles. The second kappa shape index (κ2) is 6.91. The molecule has 11 heavy (non-hydrogen) atoms. The fraction of sp³-hybridized carbons (Fsp3) is 0.800. The highest BCUT2D eigenvalue weighted by atomic mass is 35.5. The number of hydrogen-bond donors (Lipinski definition) is 0. The summed E-state index contributed by atoms with van der Waals surface area (Å²) in [6, 6.07) is 0.746. The van der Waals surface area contributed by atoms with Gasteiger partial charge in [0.25, 0.3) is 0 Å². The highest BCUT2D eigenvalue weighted by Crippen LogP contribution is 2.02. The van der Waals surface area contributed by atoms with Crippen molar-refractivity contribution in [3.05, 3.63) is 0 Å². The molecule has 0 rings (SSSR count). The van der Waals surface area contributed by atoms with E-state index in [-0.39, 0.29) is 5.97 Å². The molecular weight excluding hydrogens is 207 g/mol. The van der Waals surface area contributed by atoms with Crippen LogP contribution in [0, 0.1) is 0 Å². The third-order valence-corrected chi connectivity index (χ3v) is 2.66. The van der Waals surface area contributed by atoms with Gasteiger partial charge in [0, 0.05) is 6.92 Å². The second-order valence-corrected chi connectivity index (χ2v) is 4.29. The number of ether oxygens (including phenoxy) is 1. The summed E-state index contributed by atoms with van der Waals surface area (Å²) in [5.41, 5.74) is 0. The van der Waals surface area contributed by atoms with Crippen LogP contribution in [0.5, 0.6) is 0 Å². The topological polar surface area (TPSA) is 35.5 Å². The summed E-state index contributed by atoms with van der Waals surface area (Å²) >= 11 is 10.6. The fourth-order valence-electron chi connectivity index (χ4n) is 0.447. The lowest BCUT2D eigenvalue weighted by Gasteiger charge is -2.03. The average Bonchev–Trinajstić information content (AvgIpc) is 1.85. The molecule has 0 bridgehead atoms. The van der Waals surface area contributed by atoms with Crippen LogP contribution in [0.4, 0.5) is 0 Å². The number of rotatable bonds is 5. The zero-order chi connectivity index (χ0) is 8.69. The Labute approximate surface area is 77.9 Å². The van der Waals surface area contributed by atoms with Crippen molar-refractivity contribution in [1.82, 2.24) is 0 Å². The third-order valence-electron chi connectivity index (χ3n) is 0.838. The van der Waals surface area contributed by atoms with E-state index >= 15 is 0 Å². The zero-order valence-electron chi connectivity index (χ0n) is 6.18. The molecular formula is C5H10Cl2O3Si. The maximum Gasteiger partial charge on any atom is 0.302 e. The summed E-state index contributed by atoms with van der Waals surface area (Å²) in [5, 5.41) is -0.737. The van der Waals surface area contributed by atoms with E-state index in [1.54, 1.807) is 0 Å². The lowest BCUT2D eigenvalue weighted by atomic mass is 10.8. The zero-order valence-corrected chi connectivity index (χ0v) is 9.11. The molecule has 0 saturated heterocycles. The molecule has 0 N–H and O–H groups in total. The normalized spacial score (nSPS) is 11.3. The van der Waals surface area contributed by atoms with Crippen molar-refractivity contribution in [2.45, 2.75) is 18.0 Å². The highest BCUT2D eigenvalue weighted by Gasteiger charge is 1.98. The predicted molar refractivity (Wildman–Crippen MR) is 46.6 cm³/mol. The fourth-order valence-corrected chi connectivity index (χ4v) is 1.59. The molecule has 0 amide bonds. The van der Waals surface area contributed by atoms with Crippen molar-refractivity contribution in [3.63, 3.8) is 0 Å². The molecule has 0 unspecified atom stereocenters. The van der Waals surface area contributed by atoms with E-state index in [9.17, 15) is 4.79 Å². The lowest BCUT2D eigenvalue weighted by molar-refractivity contribution is -0.140. The Morgan fingerprint density at radius 3 is 2.73 bits per heavy atom. The van der Waals surface area contributed by atoms with Crippen LogP contribution in [0.15, 0.2) is 0 Å². The number of esters is 1. The Hall–Kier alpha value is 0.227. The van der Waals surface area contributed by atoms with Crippen LogP contribution in [-0.2, 0) is 14.0 Å². The molecule has 0 fully saturated rings. The van der Waals surface area contributed by atoms with Gasteiger partial charge in [-0.15, -0.1) is 0 Å². The van der Waals surface area contributed by atoms with E-state index in [1.807, 2.05) is 0 Å². The Morgan fingerprint density at radius 2 is 2.27 bits per heavy atom. The summed E-state index contributed by atoms with van der Waals surface area (Å²) in [5.74, 6) is -0.271. The third kappa shape index (κ3) is 10.2. The molecule has 0 aromatic carbocycles. The van der Waals surface area contributed by atoms with Gasteiger partial charge in [-0.05, 0) is 6.04 Å². The maximum atomic E-state index is 10.2. The van der Waals surface area contributed by atoms with E-state index in [0.29, 0.717) is 6.61 Å². The summed E-state index contributed by atoms with van der Waals surface area (Å²) < 4.78 is 9.56. The maximum absolute atomic E-state index is 10.2. The Kier molecular flexibility index (Phi) is 7.05. The number of hydrogen-bond acceptors (Lipinski definition) is 3. The number of carbonyl (C=O) groups excluding carboxylic acids is 1. The van der Waals surface area contributed by atoms with Crippen LogP contribution < -0.4 is 0 Å². The van der Waals surface area contributed by atoms with Crippen molar-refractivity contribution in [2.75, 3.05) is 6.61 Å². The van der Waals surface area contributed by atoms with Crippen molar-refractivity contribution >= 4 is 38.9 Å². The monoisotopic (exact) mass is 216 g/mol. The molecule has 0 radical (unpaired) electrons. The van der Waals surface area contributed by atoms with Gasteiger partial charge in [-0.1, -0.05) is 23.2 Å². The number of halogens is 2. The van der Waals surface area contributed by atoms with Gasteiger partial charge in [0.15, 0.2) is 14.8 Å². The minimum Gasteiger partial charge on any atom is -0.466 e. The van der Waals surface area contributed by atoms with Gasteiger partial charge >= 0.3 is 5.97 Å². The molecule has 0 heterocycles. The summed E-state index contributed by atoms with van der Waals surface area (Å²) in [7, 11) is -0.720. The van der Waals surface area contributed by atoms with Crippen LogP contribution in [-0.4, -0.2) is 27.4 Å². The molecule has 0 atom stereocenters. The first kappa shape index (κ1) is 11.2. The molecule has 0 spiro atoms. The van der Waals surface area contributed by atoms with E-state index < -0.39 is 14.8 Å². The molecule has 0 aliphatic carbocycles. The number of alkyl halides is 2. The molecule has 66 valence electrons. The van der Waals surface area contributed by atoms with E-state index in [1.165, 1.54) is 6.92 Å². The Balaban J connectivity index is 2.97. The summed E-state index contributed by atoms with van der Waals surface area (Å²) in [6.45, 7) is 1.77. The minimum absolute atomic E-state index is 0.271. The first-order chi connectivity index (χ1) is 5.13. The minimum atomic E-state index is -0.737. The lowest BCUT2D eigenvalue weighted by Crippen LogP contribution is -2.07. The molecule has 0 aliphatic rings. The quantitative estimate of drug-likeness (QED) is 0.296. The van der Waals surface area contributed by atoms with Gasteiger partial charge < -0.3 is 9.16 Å². The molecule has 0 aromatic heterocycles. The smallest absolute Gasteiger partial charge is 0.302 e. The first-order valence-corrected chi connectivity index (χ1v) is 5.61. The largest absolute Gasteiger partial charge is 0.466 e. The van der Waals surface area contributed by atoms with E-state index in [2.05, 4.69) is 4.74 Å². The van der Waals surface area contributed by atoms with Crippen molar-refractivity contribution < 1.29 is 14.0 Å². The second-order valence-electron chi connectivity index (χ2n) is 1.83. The average molecular weight is 217 g/mol. The summed E-state index contributed by atoms with van der Waals surface area (Å²) in [4.78, 5) is 10.2. The Bertz CT molecular complexity index is 120. The number of carbonyl (C=O) groups is 1. The molecule has 3 nitrogen and oxygen atoms in total. The van der Waals surface area contributed by atoms with Crippen LogP contribution in [0.1, 0.15) is 6.92 Å². The van der Waals surface area contributed by atoms with Crippen LogP contribution in [0.3, 0.4) is 0 Å². The summed E-state index contributed by atoms with van der Waals surface area (Å²) in [6.07, 6.45) is 0. The first-order valence-electron chi connectivity index (χ1n) is 3.16. The van der Waals surface area contributed by atoms with Crippen LogP contribution in [0.25, 0.3) is 0 Å². The van der Waals surface area contributed by atoms with Gasteiger partial charge in [-0.25, -0.2) is 0 Å². The SMILES string of the molecule is CC(=O)OCC[SiH2]OC(Cl)Cl.